The van der Waals surface area contributed by atoms with Gasteiger partial charge in [0, 0.05) is 12.2 Å². The number of nitrogens with one attached hydrogen (secondary N) is 2. The minimum Gasteiger partial charge on any atom is -0.480 e. The second-order valence-corrected chi connectivity index (χ2v) is 6.59. The van der Waals surface area contributed by atoms with Crippen LogP contribution in [0.25, 0.3) is 0 Å². The van der Waals surface area contributed by atoms with Crippen LogP contribution in [0.3, 0.4) is 0 Å². The van der Waals surface area contributed by atoms with E-state index in [1.807, 2.05) is 0 Å². The third-order valence-corrected chi connectivity index (χ3v) is 4.33. The van der Waals surface area contributed by atoms with Crippen molar-refractivity contribution in [3.63, 3.8) is 0 Å². The van der Waals surface area contributed by atoms with Gasteiger partial charge in [-0.15, -0.1) is 11.8 Å². The molecule has 0 aliphatic rings. The highest BCUT2D eigenvalue weighted by Crippen LogP contribution is 2.13. The van der Waals surface area contributed by atoms with Crippen LogP contribution >= 0.6 is 11.8 Å². The zero-order valence-electron chi connectivity index (χ0n) is 14.4. The molecule has 0 bridgehead atoms. The molecule has 6 N–H and O–H groups in total. The van der Waals surface area contributed by atoms with Crippen molar-refractivity contribution in [2.75, 3.05) is 19.4 Å². The van der Waals surface area contributed by atoms with Crippen LogP contribution < -0.4 is 16.4 Å². The van der Waals surface area contributed by atoms with E-state index in [0.29, 0.717) is 0 Å². The highest BCUT2D eigenvalue weighted by atomic mass is 32.2. The molecule has 3 atom stereocenters. The van der Waals surface area contributed by atoms with E-state index in [-0.39, 0.29) is 18.6 Å². The second-order valence-electron chi connectivity index (χ2n) is 5.21. The summed E-state index contributed by atoms with van der Waals surface area (Å²) in [6, 6.07) is -2.33. The smallest absolute Gasteiger partial charge is 0.322 e. The van der Waals surface area contributed by atoms with Crippen LogP contribution in [-0.2, 0) is 28.7 Å². The maximum Gasteiger partial charge on any atom is 0.322 e. The molecule has 0 radical (unpaired) electrons. The molecule has 0 spiro atoms. The fourth-order valence-corrected chi connectivity index (χ4v) is 2.57. The van der Waals surface area contributed by atoms with Gasteiger partial charge in [0.15, 0.2) is 0 Å². The summed E-state index contributed by atoms with van der Waals surface area (Å²) in [7, 11) is 1.21. The van der Waals surface area contributed by atoms with Crippen molar-refractivity contribution >= 4 is 41.5 Å². The summed E-state index contributed by atoms with van der Waals surface area (Å²) in [5, 5.41) is 21.2. The SMILES string of the molecule is COC(=O)C(C)SC[C@H](NC(=O)CC[C@H](N)C(=O)O)C(=O)NCC(=O)O. The first-order valence-electron chi connectivity index (χ1n) is 7.55. The number of carbonyl (C=O) groups is 5. The highest BCUT2D eigenvalue weighted by Gasteiger charge is 2.24. The number of amides is 2. The number of hydrogen-bond acceptors (Lipinski definition) is 8. The van der Waals surface area contributed by atoms with Gasteiger partial charge >= 0.3 is 17.9 Å². The number of carbonyl (C=O) groups excluding carboxylic acids is 3. The van der Waals surface area contributed by atoms with E-state index in [2.05, 4.69) is 15.4 Å². The molecule has 0 rings (SSSR count). The number of esters is 1. The molecule has 12 heteroatoms. The van der Waals surface area contributed by atoms with Gasteiger partial charge < -0.3 is 31.3 Å². The Hall–Kier alpha value is -2.34. The Balaban J connectivity index is 4.77. The molecule has 0 aromatic rings. The number of hydrogen-bond donors (Lipinski definition) is 5. The molecule has 0 aromatic carbocycles. The molecule has 148 valence electrons. The first-order chi connectivity index (χ1) is 12.1. The number of carboxylic acids is 2. The normalized spacial score (nSPS) is 13.8. The first-order valence-corrected chi connectivity index (χ1v) is 8.60. The topological polar surface area (TPSA) is 185 Å². The number of ether oxygens (including phenoxy) is 1. The summed E-state index contributed by atoms with van der Waals surface area (Å²) in [4.78, 5) is 56.5. The third-order valence-electron chi connectivity index (χ3n) is 3.11. The Morgan fingerprint density at radius 3 is 2.31 bits per heavy atom. The molecule has 0 aliphatic heterocycles. The molecule has 2 amide bonds. The van der Waals surface area contributed by atoms with Crippen molar-refractivity contribution in [2.45, 2.75) is 37.1 Å². The summed E-state index contributed by atoms with van der Waals surface area (Å²) >= 11 is 1.03. The summed E-state index contributed by atoms with van der Waals surface area (Å²) in [6.07, 6.45) is -0.357. The van der Waals surface area contributed by atoms with Gasteiger partial charge in [-0.2, -0.15) is 0 Å². The van der Waals surface area contributed by atoms with Crippen molar-refractivity contribution in [1.29, 1.82) is 0 Å². The van der Waals surface area contributed by atoms with Gasteiger partial charge in [0.05, 0.1) is 12.4 Å². The van der Waals surface area contributed by atoms with E-state index in [4.69, 9.17) is 15.9 Å². The van der Waals surface area contributed by atoms with Gasteiger partial charge in [0.25, 0.3) is 0 Å². The summed E-state index contributed by atoms with van der Waals surface area (Å²) in [5.41, 5.74) is 5.30. The Morgan fingerprint density at radius 2 is 1.81 bits per heavy atom. The number of methoxy groups -OCH3 is 1. The molecule has 0 heterocycles. The maximum absolute atomic E-state index is 12.0. The summed E-state index contributed by atoms with van der Waals surface area (Å²) in [6.45, 7) is 0.919. The number of nitrogens with two attached hydrogens (primary N) is 1. The number of rotatable bonds is 12. The maximum atomic E-state index is 12.0. The zero-order chi connectivity index (χ0) is 20.3. The van der Waals surface area contributed by atoms with Crippen LogP contribution in [0.1, 0.15) is 19.8 Å². The molecule has 1 unspecified atom stereocenters. The van der Waals surface area contributed by atoms with Crippen LogP contribution in [0.2, 0.25) is 0 Å². The van der Waals surface area contributed by atoms with Crippen LogP contribution in [0.5, 0.6) is 0 Å². The van der Waals surface area contributed by atoms with Crippen molar-refractivity contribution in [1.82, 2.24) is 10.6 Å². The summed E-state index contributed by atoms with van der Waals surface area (Å²) in [5.74, 6) is -4.41. The lowest BCUT2D eigenvalue weighted by Gasteiger charge is -2.19. The largest absolute Gasteiger partial charge is 0.480 e. The Morgan fingerprint density at radius 1 is 1.19 bits per heavy atom. The van der Waals surface area contributed by atoms with Gasteiger partial charge in [0.1, 0.15) is 18.6 Å². The molecule has 26 heavy (non-hydrogen) atoms. The molecule has 0 saturated heterocycles. The molecular weight excluding hydrogens is 370 g/mol. The van der Waals surface area contributed by atoms with E-state index in [1.165, 1.54) is 7.11 Å². The quantitative estimate of drug-likeness (QED) is 0.236. The lowest BCUT2D eigenvalue weighted by molar-refractivity contribution is -0.140. The molecule has 11 nitrogen and oxygen atoms in total. The van der Waals surface area contributed by atoms with E-state index in [0.717, 1.165) is 11.8 Å². The predicted octanol–water partition coefficient (Wildman–Crippen LogP) is -1.84. The summed E-state index contributed by atoms with van der Waals surface area (Å²) < 4.78 is 4.56. The number of thioether (sulfide) groups is 1. The van der Waals surface area contributed by atoms with Crippen LogP contribution in [0.15, 0.2) is 0 Å². The Labute approximate surface area is 154 Å². The van der Waals surface area contributed by atoms with Crippen molar-refractivity contribution in [3.8, 4) is 0 Å². The molecule has 0 aromatic heterocycles. The fourth-order valence-electron chi connectivity index (χ4n) is 1.62. The van der Waals surface area contributed by atoms with Crippen molar-refractivity contribution in [2.24, 2.45) is 5.73 Å². The Bertz CT molecular complexity index is 542. The monoisotopic (exact) mass is 393 g/mol. The lowest BCUT2D eigenvalue weighted by atomic mass is 10.1. The highest BCUT2D eigenvalue weighted by molar-refractivity contribution is 8.00. The van der Waals surface area contributed by atoms with Gasteiger partial charge in [-0.05, 0) is 13.3 Å². The van der Waals surface area contributed by atoms with Gasteiger partial charge in [0.2, 0.25) is 11.8 Å². The molecular formula is C14H23N3O8S. The number of aliphatic carboxylic acids is 2. The van der Waals surface area contributed by atoms with Gasteiger partial charge in [-0.1, -0.05) is 0 Å². The van der Waals surface area contributed by atoms with E-state index >= 15 is 0 Å². The van der Waals surface area contributed by atoms with E-state index < -0.39 is 53.6 Å². The number of carboxylic acid groups (broad SMARTS) is 2. The minimum absolute atomic E-state index is 0.0154. The van der Waals surface area contributed by atoms with E-state index in [1.54, 1.807) is 6.92 Å². The average molecular weight is 393 g/mol. The van der Waals surface area contributed by atoms with E-state index in [9.17, 15) is 24.0 Å². The van der Waals surface area contributed by atoms with Crippen molar-refractivity contribution in [3.05, 3.63) is 0 Å². The molecule has 0 saturated carbocycles. The fraction of sp³-hybridized carbons (Fsp3) is 0.643. The zero-order valence-corrected chi connectivity index (χ0v) is 15.2. The third kappa shape index (κ3) is 9.84. The van der Waals surface area contributed by atoms with Gasteiger partial charge in [-0.3, -0.25) is 24.0 Å². The van der Waals surface area contributed by atoms with Gasteiger partial charge in [-0.25, -0.2) is 0 Å². The van der Waals surface area contributed by atoms with Crippen LogP contribution in [0.4, 0.5) is 0 Å². The van der Waals surface area contributed by atoms with Crippen LogP contribution in [-0.4, -0.2) is 76.7 Å². The Kier molecular flexibility index (Phi) is 11.0. The second kappa shape index (κ2) is 12.1. The predicted molar refractivity (Wildman–Crippen MR) is 91.4 cm³/mol. The van der Waals surface area contributed by atoms with Crippen molar-refractivity contribution < 1.29 is 38.9 Å². The average Bonchev–Trinajstić information content (AvgIpc) is 2.59. The molecule has 0 aliphatic carbocycles. The lowest BCUT2D eigenvalue weighted by Crippen LogP contribution is -2.49. The standard InChI is InChI=1S/C14H23N3O8S/c1-7(14(24)25-2)26-6-9(12(21)16-5-11(19)20)17-10(18)4-3-8(15)13(22)23/h7-9H,3-6,15H2,1-2H3,(H,16,21)(H,17,18)(H,19,20)(H,22,23)/t7?,8-,9-/m0/s1. The minimum atomic E-state index is -1.26. The first kappa shape index (κ1) is 23.7. The van der Waals surface area contributed by atoms with Crippen LogP contribution in [0, 0.1) is 0 Å². The molecule has 0 fully saturated rings.